The van der Waals surface area contributed by atoms with E-state index in [1.54, 1.807) is 49.6 Å². The van der Waals surface area contributed by atoms with Gasteiger partial charge in [-0.25, -0.2) is 4.79 Å². The molecule has 0 bridgehead atoms. The zero-order valence-corrected chi connectivity index (χ0v) is 19.0. The molecule has 34 heavy (non-hydrogen) atoms. The van der Waals surface area contributed by atoms with Gasteiger partial charge in [-0.15, -0.1) is 0 Å². The monoisotopic (exact) mass is 462 g/mol. The Bertz CT molecular complexity index is 1290. The number of hydrogen-bond acceptors (Lipinski definition) is 8. The van der Waals surface area contributed by atoms with Gasteiger partial charge in [0.1, 0.15) is 23.0 Å². The van der Waals surface area contributed by atoms with Crippen LogP contribution in [0.2, 0.25) is 0 Å². The Balaban J connectivity index is 1.55. The summed E-state index contributed by atoms with van der Waals surface area (Å²) in [5, 5.41) is 0. The summed E-state index contributed by atoms with van der Waals surface area (Å²) in [6.07, 6.45) is 1.59. The second-order valence-electron chi connectivity index (χ2n) is 7.16. The number of hydrogen-bond donors (Lipinski definition) is 0. The van der Waals surface area contributed by atoms with E-state index in [4.69, 9.17) is 28.4 Å². The molecule has 0 amide bonds. The Kier molecular flexibility index (Phi) is 6.40. The van der Waals surface area contributed by atoms with E-state index in [1.807, 2.05) is 0 Å². The molecule has 0 atom stereocenters. The van der Waals surface area contributed by atoms with E-state index >= 15 is 0 Å². The van der Waals surface area contributed by atoms with Crippen LogP contribution in [0.1, 0.15) is 26.3 Å². The first-order chi connectivity index (χ1) is 16.5. The van der Waals surface area contributed by atoms with Gasteiger partial charge in [-0.2, -0.15) is 0 Å². The van der Waals surface area contributed by atoms with Gasteiger partial charge in [0, 0.05) is 17.7 Å². The van der Waals surface area contributed by atoms with Crippen LogP contribution in [0.3, 0.4) is 0 Å². The number of allylic oxidation sites excluding steroid dienone is 1. The smallest absolute Gasteiger partial charge is 0.343 e. The summed E-state index contributed by atoms with van der Waals surface area (Å²) in [5.74, 6) is 1.83. The van der Waals surface area contributed by atoms with E-state index in [9.17, 15) is 9.59 Å². The number of carbonyl (C=O) groups is 2. The molecule has 0 radical (unpaired) electrons. The van der Waals surface area contributed by atoms with Crippen molar-refractivity contribution in [3.8, 4) is 34.5 Å². The molecular weight excluding hydrogens is 440 g/mol. The van der Waals surface area contributed by atoms with Crippen LogP contribution in [0.5, 0.6) is 34.5 Å². The summed E-state index contributed by atoms with van der Waals surface area (Å²) in [4.78, 5) is 25.4. The van der Waals surface area contributed by atoms with Crippen molar-refractivity contribution in [2.45, 2.75) is 0 Å². The zero-order valence-electron chi connectivity index (χ0n) is 19.0. The minimum Gasteiger partial charge on any atom is -0.497 e. The molecule has 0 saturated heterocycles. The molecule has 3 aromatic carbocycles. The van der Waals surface area contributed by atoms with Crippen molar-refractivity contribution in [2.24, 2.45) is 0 Å². The lowest BCUT2D eigenvalue weighted by Gasteiger charge is -2.10. The number of ketones is 1. The summed E-state index contributed by atoms with van der Waals surface area (Å²) in [5.41, 5.74) is 1.30. The molecule has 0 saturated carbocycles. The van der Waals surface area contributed by atoms with E-state index in [2.05, 4.69) is 0 Å². The summed E-state index contributed by atoms with van der Waals surface area (Å²) in [7, 11) is 6.08. The Morgan fingerprint density at radius 3 is 2.21 bits per heavy atom. The van der Waals surface area contributed by atoms with Gasteiger partial charge in [-0.1, -0.05) is 0 Å². The molecule has 0 aromatic heterocycles. The first-order valence-electron chi connectivity index (χ1n) is 10.2. The predicted octanol–water partition coefficient (Wildman–Crippen LogP) is 4.56. The fourth-order valence-corrected chi connectivity index (χ4v) is 3.44. The van der Waals surface area contributed by atoms with E-state index in [-0.39, 0.29) is 22.9 Å². The standard InChI is InChI=1S/C26H22O8/c1-29-17-7-5-15(21(13-17)31-3)11-24-25(27)19-9-8-18(14-22(19)34-24)33-26(28)16-6-10-20(30-2)23(12-16)32-4/h5-14H,1-4H3. The Morgan fingerprint density at radius 1 is 0.765 bits per heavy atom. The number of carbonyl (C=O) groups excluding carboxylic acids is 2. The van der Waals surface area contributed by atoms with Crippen LogP contribution in [0.15, 0.2) is 60.4 Å². The van der Waals surface area contributed by atoms with Gasteiger partial charge in [0.2, 0.25) is 5.78 Å². The van der Waals surface area contributed by atoms with Crippen molar-refractivity contribution in [2.75, 3.05) is 28.4 Å². The maximum atomic E-state index is 12.8. The SMILES string of the molecule is COc1ccc(C=C2Oc3cc(OC(=O)c4ccc(OC)c(OC)c4)ccc3C2=O)c(OC)c1. The highest BCUT2D eigenvalue weighted by atomic mass is 16.5. The lowest BCUT2D eigenvalue weighted by atomic mass is 10.1. The molecule has 3 aromatic rings. The minimum absolute atomic E-state index is 0.127. The van der Waals surface area contributed by atoms with Crippen molar-refractivity contribution in [1.29, 1.82) is 0 Å². The fourth-order valence-electron chi connectivity index (χ4n) is 3.44. The summed E-state index contributed by atoms with van der Waals surface area (Å²) >= 11 is 0. The number of esters is 1. The van der Waals surface area contributed by atoms with Gasteiger partial charge in [0.15, 0.2) is 17.3 Å². The van der Waals surface area contributed by atoms with Crippen LogP contribution < -0.4 is 28.4 Å². The van der Waals surface area contributed by atoms with E-state index in [1.165, 1.54) is 39.5 Å². The van der Waals surface area contributed by atoms with E-state index in [0.717, 1.165) is 0 Å². The van der Waals surface area contributed by atoms with Crippen molar-refractivity contribution in [3.05, 3.63) is 77.0 Å². The maximum absolute atomic E-state index is 12.8. The Morgan fingerprint density at radius 2 is 1.50 bits per heavy atom. The molecule has 4 rings (SSSR count). The zero-order chi connectivity index (χ0) is 24.2. The highest BCUT2D eigenvalue weighted by Gasteiger charge is 2.28. The maximum Gasteiger partial charge on any atom is 0.343 e. The summed E-state index contributed by atoms with van der Waals surface area (Å²) in [6, 6.07) is 14.5. The molecule has 8 nitrogen and oxygen atoms in total. The molecule has 0 spiro atoms. The van der Waals surface area contributed by atoms with Crippen LogP contribution >= 0.6 is 0 Å². The quantitative estimate of drug-likeness (QED) is 0.287. The molecule has 1 heterocycles. The Labute approximate surface area is 196 Å². The van der Waals surface area contributed by atoms with Crippen LogP contribution in [-0.4, -0.2) is 40.2 Å². The molecule has 1 aliphatic rings. The highest BCUT2D eigenvalue weighted by Crippen LogP contribution is 2.36. The predicted molar refractivity (Wildman–Crippen MR) is 123 cm³/mol. The van der Waals surface area contributed by atoms with E-state index < -0.39 is 5.97 Å². The van der Waals surface area contributed by atoms with Crippen LogP contribution in [0, 0.1) is 0 Å². The Hall–Kier alpha value is -4.46. The van der Waals surface area contributed by atoms with Gasteiger partial charge in [0.05, 0.1) is 39.6 Å². The molecule has 174 valence electrons. The molecule has 0 unspecified atom stereocenters. The van der Waals surface area contributed by atoms with Crippen LogP contribution in [-0.2, 0) is 0 Å². The van der Waals surface area contributed by atoms with Crippen molar-refractivity contribution in [3.63, 3.8) is 0 Å². The van der Waals surface area contributed by atoms with Gasteiger partial charge in [-0.05, 0) is 48.5 Å². The topological polar surface area (TPSA) is 89.5 Å². The second-order valence-corrected chi connectivity index (χ2v) is 7.16. The fraction of sp³-hybridized carbons (Fsp3) is 0.154. The summed E-state index contributed by atoms with van der Waals surface area (Å²) < 4.78 is 32.2. The molecular formula is C26H22O8. The lowest BCUT2D eigenvalue weighted by molar-refractivity contribution is 0.0734. The van der Waals surface area contributed by atoms with Gasteiger partial charge in [-0.3, -0.25) is 4.79 Å². The number of methoxy groups -OCH3 is 4. The van der Waals surface area contributed by atoms with Gasteiger partial charge < -0.3 is 28.4 Å². The normalized spacial score (nSPS) is 13.2. The molecule has 0 fully saturated rings. The third-order valence-electron chi connectivity index (χ3n) is 5.20. The number of Topliss-reactive ketones (excluding diaryl/α,β-unsaturated/α-hetero) is 1. The van der Waals surface area contributed by atoms with Crippen LogP contribution in [0.25, 0.3) is 6.08 Å². The number of rotatable bonds is 7. The van der Waals surface area contributed by atoms with Gasteiger partial charge >= 0.3 is 5.97 Å². The summed E-state index contributed by atoms with van der Waals surface area (Å²) in [6.45, 7) is 0. The second kappa shape index (κ2) is 9.58. The average Bonchev–Trinajstić information content (AvgIpc) is 3.17. The van der Waals surface area contributed by atoms with Crippen molar-refractivity contribution in [1.82, 2.24) is 0 Å². The molecule has 8 heteroatoms. The van der Waals surface area contributed by atoms with Crippen molar-refractivity contribution < 1.29 is 38.0 Å². The third kappa shape index (κ3) is 4.38. The first kappa shape index (κ1) is 22.7. The van der Waals surface area contributed by atoms with Crippen LogP contribution in [0.4, 0.5) is 0 Å². The third-order valence-corrected chi connectivity index (χ3v) is 5.20. The van der Waals surface area contributed by atoms with Crippen molar-refractivity contribution >= 4 is 17.8 Å². The molecule has 0 aliphatic carbocycles. The highest BCUT2D eigenvalue weighted by molar-refractivity contribution is 6.14. The number of ether oxygens (including phenoxy) is 6. The number of benzene rings is 3. The average molecular weight is 462 g/mol. The lowest BCUT2D eigenvalue weighted by Crippen LogP contribution is -2.09. The first-order valence-corrected chi connectivity index (χ1v) is 10.2. The molecule has 1 aliphatic heterocycles. The minimum atomic E-state index is -0.594. The van der Waals surface area contributed by atoms with Gasteiger partial charge in [0.25, 0.3) is 0 Å². The largest absolute Gasteiger partial charge is 0.497 e. The number of fused-ring (bicyclic) bond motifs is 1. The molecule has 0 N–H and O–H groups in total. The van der Waals surface area contributed by atoms with E-state index in [0.29, 0.717) is 39.9 Å².